The molecule has 0 fully saturated rings. The number of methoxy groups -OCH3 is 1. The molecular formula is C22H22N2O4. The summed E-state index contributed by atoms with van der Waals surface area (Å²) in [5, 5.41) is 2.70. The van der Waals surface area contributed by atoms with E-state index in [9.17, 15) is 9.59 Å². The van der Waals surface area contributed by atoms with Crippen molar-refractivity contribution in [1.82, 2.24) is 4.73 Å². The number of pyridine rings is 1. The van der Waals surface area contributed by atoms with E-state index in [1.807, 2.05) is 24.3 Å². The average Bonchev–Trinajstić information content (AvgIpc) is 2.73. The lowest BCUT2D eigenvalue weighted by Crippen LogP contribution is -2.32. The molecule has 0 aliphatic rings. The molecule has 144 valence electrons. The number of hydrogen-bond acceptors (Lipinski definition) is 4. The van der Waals surface area contributed by atoms with Gasteiger partial charge in [0.25, 0.3) is 11.5 Å². The molecule has 3 aromatic rings. The summed E-state index contributed by atoms with van der Waals surface area (Å²) in [7, 11) is 1.55. The van der Waals surface area contributed by atoms with Gasteiger partial charge in [0.1, 0.15) is 17.9 Å². The molecule has 0 radical (unpaired) electrons. The van der Waals surface area contributed by atoms with E-state index in [1.165, 1.54) is 17.8 Å². The van der Waals surface area contributed by atoms with Crippen molar-refractivity contribution < 1.29 is 14.4 Å². The van der Waals surface area contributed by atoms with E-state index in [4.69, 9.17) is 9.57 Å². The van der Waals surface area contributed by atoms with Gasteiger partial charge in [-0.1, -0.05) is 37.3 Å². The lowest BCUT2D eigenvalue weighted by molar-refractivity contribution is 0.0863. The third-order valence-electron chi connectivity index (χ3n) is 4.29. The molecule has 0 unspecified atom stereocenters. The molecule has 0 aliphatic heterocycles. The second-order valence-electron chi connectivity index (χ2n) is 6.18. The van der Waals surface area contributed by atoms with E-state index in [0.29, 0.717) is 11.4 Å². The van der Waals surface area contributed by atoms with Crippen LogP contribution in [-0.4, -0.2) is 17.7 Å². The first kappa shape index (κ1) is 19.2. The molecule has 0 bridgehead atoms. The Labute approximate surface area is 163 Å². The van der Waals surface area contributed by atoms with E-state index in [1.54, 1.807) is 37.4 Å². The number of nitrogens with one attached hydrogen (secondary N) is 1. The largest absolute Gasteiger partial charge is 0.497 e. The van der Waals surface area contributed by atoms with Crippen LogP contribution in [0.15, 0.2) is 71.7 Å². The Morgan fingerprint density at radius 2 is 1.79 bits per heavy atom. The highest BCUT2D eigenvalue weighted by Crippen LogP contribution is 2.17. The van der Waals surface area contributed by atoms with Gasteiger partial charge in [-0.15, -0.1) is 0 Å². The number of carbonyl (C=O) groups is 1. The van der Waals surface area contributed by atoms with Crippen LogP contribution in [0.5, 0.6) is 5.75 Å². The van der Waals surface area contributed by atoms with Gasteiger partial charge in [-0.2, -0.15) is 4.73 Å². The summed E-state index contributed by atoms with van der Waals surface area (Å²) in [6, 6.07) is 18.0. The maximum absolute atomic E-state index is 12.6. The van der Waals surface area contributed by atoms with Crippen LogP contribution in [-0.2, 0) is 13.0 Å². The highest BCUT2D eigenvalue weighted by Gasteiger charge is 2.13. The summed E-state index contributed by atoms with van der Waals surface area (Å²) < 4.78 is 6.21. The van der Waals surface area contributed by atoms with Crippen LogP contribution in [0.4, 0.5) is 5.69 Å². The summed E-state index contributed by atoms with van der Waals surface area (Å²) in [6.45, 7) is 2.32. The van der Waals surface area contributed by atoms with Gasteiger partial charge in [0.05, 0.1) is 7.11 Å². The van der Waals surface area contributed by atoms with Crippen molar-refractivity contribution in [1.29, 1.82) is 0 Å². The van der Waals surface area contributed by atoms with Crippen LogP contribution in [0, 0.1) is 0 Å². The van der Waals surface area contributed by atoms with Crippen molar-refractivity contribution in [3.8, 4) is 5.75 Å². The fraction of sp³-hybridized carbons (Fsp3) is 0.182. The predicted octanol–water partition coefficient (Wildman–Crippen LogP) is 3.30. The highest BCUT2D eigenvalue weighted by molar-refractivity contribution is 6.04. The molecule has 0 aliphatic carbocycles. The number of hydrogen-bond donors (Lipinski definition) is 1. The standard InChI is InChI=1S/C22H22N2O4/c1-3-16-9-11-17(12-10-16)15-28-24-13-5-8-20(22(24)26)21(25)23-18-6-4-7-19(14-18)27-2/h4-14H,3,15H2,1-2H3,(H,23,25). The lowest BCUT2D eigenvalue weighted by Gasteiger charge is -2.11. The number of rotatable bonds is 7. The summed E-state index contributed by atoms with van der Waals surface area (Å²) >= 11 is 0. The maximum Gasteiger partial charge on any atom is 0.295 e. The first-order chi connectivity index (χ1) is 13.6. The molecule has 1 amide bonds. The summed E-state index contributed by atoms with van der Waals surface area (Å²) in [4.78, 5) is 30.7. The van der Waals surface area contributed by atoms with Crippen molar-refractivity contribution in [3.05, 3.63) is 93.9 Å². The smallest absolute Gasteiger partial charge is 0.295 e. The van der Waals surface area contributed by atoms with Crippen LogP contribution in [0.3, 0.4) is 0 Å². The lowest BCUT2D eigenvalue weighted by atomic mass is 10.1. The minimum absolute atomic E-state index is 0.00773. The molecule has 6 nitrogen and oxygen atoms in total. The number of aryl methyl sites for hydroxylation is 1. The number of ether oxygens (including phenoxy) is 1. The summed E-state index contributed by atoms with van der Waals surface area (Å²) in [5.41, 5.74) is 2.18. The number of anilines is 1. The molecular weight excluding hydrogens is 356 g/mol. The minimum atomic E-state index is -0.520. The second kappa shape index (κ2) is 8.90. The fourth-order valence-electron chi connectivity index (χ4n) is 2.66. The van der Waals surface area contributed by atoms with E-state index in [0.717, 1.165) is 16.7 Å². The van der Waals surface area contributed by atoms with Gasteiger partial charge in [-0.25, -0.2) is 0 Å². The zero-order valence-corrected chi connectivity index (χ0v) is 15.8. The molecule has 1 heterocycles. The average molecular weight is 378 g/mol. The van der Waals surface area contributed by atoms with Gasteiger partial charge >= 0.3 is 0 Å². The molecule has 2 aromatic carbocycles. The van der Waals surface area contributed by atoms with Crippen molar-refractivity contribution in [2.45, 2.75) is 20.0 Å². The Morgan fingerprint density at radius 3 is 2.50 bits per heavy atom. The Balaban J connectivity index is 1.72. The van der Waals surface area contributed by atoms with Crippen LogP contribution in [0.2, 0.25) is 0 Å². The van der Waals surface area contributed by atoms with Gasteiger partial charge in [-0.3, -0.25) is 9.59 Å². The highest BCUT2D eigenvalue weighted by atomic mass is 16.7. The topological polar surface area (TPSA) is 69.6 Å². The molecule has 3 rings (SSSR count). The van der Waals surface area contributed by atoms with E-state index in [2.05, 4.69) is 12.2 Å². The summed E-state index contributed by atoms with van der Waals surface area (Å²) in [5.74, 6) is 0.101. The molecule has 1 aromatic heterocycles. The van der Waals surface area contributed by atoms with Gasteiger partial charge in [0.15, 0.2) is 0 Å². The van der Waals surface area contributed by atoms with Gasteiger partial charge in [0.2, 0.25) is 0 Å². The maximum atomic E-state index is 12.6. The quantitative estimate of drug-likeness (QED) is 0.685. The van der Waals surface area contributed by atoms with Crippen molar-refractivity contribution in [3.63, 3.8) is 0 Å². The van der Waals surface area contributed by atoms with E-state index in [-0.39, 0.29) is 12.2 Å². The molecule has 0 saturated carbocycles. The minimum Gasteiger partial charge on any atom is -0.497 e. The Hall–Kier alpha value is -3.54. The van der Waals surface area contributed by atoms with E-state index >= 15 is 0 Å². The van der Waals surface area contributed by atoms with Crippen LogP contribution in [0.25, 0.3) is 0 Å². The SMILES string of the molecule is CCc1ccc(COn2cccc(C(=O)Nc3cccc(OC)c3)c2=O)cc1. The van der Waals surface area contributed by atoms with Crippen LogP contribution >= 0.6 is 0 Å². The summed E-state index contributed by atoms with van der Waals surface area (Å²) in [6.07, 6.45) is 2.45. The predicted molar refractivity (Wildman–Crippen MR) is 108 cm³/mol. The molecule has 0 spiro atoms. The number of carbonyl (C=O) groups excluding carboxylic acids is 1. The monoisotopic (exact) mass is 378 g/mol. The number of amides is 1. The molecule has 1 N–H and O–H groups in total. The van der Waals surface area contributed by atoms with Gasteiger partial charge in [-0.05, 0) is 41.8 Å². The van der Waals surface area contributed by atoms with Gasteiger partial charge in [0, 0.05) is 18.0 Å². The van der Waals surface area contributed by atoms with Gasteiger partial charge < -0.3 is 14.9 Å². The Kier molecular flexibility index (Phi) is 6.11. The van der Waals surface area contributed by atoms with Crippen LogP contribution in [0.1, 0.15) is 28.4 Å². The zero-order valence-electron chi connectivity index (χ0n) is 15.8. The molecule has 6 heteroatoms. The second-order valence-corrected chi connectivity index (χ2v) is 6.18. The van der Waals surface area contributed by atoms with Crippen molar-refractivity contribution in [2.75, 3.05) is 12.4 Å². The number of nitrogens with zero attached hydrogens (tertiary/aromatic N) is 1. The van der Waals surface area contributed by atoms with Crippen molar-refractivity contribution >= 4 is 11.6 Å². The third kappa shape index (κ3) is 4.59. The Bertz CT molecular complexity index is 1010. The normalized spacial score (nSPS) is 10.4. The third-order valence-corrected chi connectivity index (χ3v) is 4.29. The van der Waals surface area contributed by atoms with Crippen LogP contribution < -0.4 is 20.5 Å². The zero-order chi connectivity index (χ0) is 19.9. The number of benzene rings is 2. The van der Waals surface area contributed by atoms with Crippen molar-refractivity contribution in [2.24, 2.45) is 0 Å². The first-order valence-corrected chi connectivity index (χ1v) is 8.99. The fourth-order valence-corrected chi connectivity index (χ4v) is 2.66. The molecule has 0 saturated heterocycles. The molecule has 28 heavy (non-hydrogen) atoms. The Morgan fingerprint density at radius 1 is 1.04 bits per heavy atom. The number of aromatic nitrogens is 1. The molecule has 0 atom stereocenters. The first-order valence-electron chi connectivity index (χ1n) is 8.99. The van der Waals surface area contributed by atoms with E-state index < -0.39 is 11.5 Å².